The lowest BCUT2D eigenvalue weighted by Gasteiger charge is -2.33. The summed E-state index contributed by atoms with van der Waals surface area (Å²) in [5.74, 6) is 0.187. The fraction of sp³-hybridized carbons (Fsp3) is 0.417. The molecule has 17 heavy (non-hydrogen) atoms. The molecule has 90 valence electrons. The van der Waals surface area contributed by atoms with Crippen molar-refractivity contribution in [3.8, 4) is 0 Å². The summed E-state index contributed by atoms with van der Waals surface area (Å²) in [6, 6.07) is 4.40. The zero-order valence-corrected chi connectivity index (χ0v) is 11.2. The Labute approximate surface area is 108 Å². The molecule has 2 aromatic heterocycles. The van der Waals surface area contributed by atoms with E-state index in [1.807, 2.05) is 11.0 Å². The molecule has 3 nitrogen and oxygen atoms in total. The van der Waals surface area contributed by atoms with Gasteiger partial charge in [0.25, 0.3) is 5.91 Å². The van der Waals surface area contributed by atoms with Crippen LogP contribution in [0.5, 0.6) is 0 Å². The van der Waals surface area contributed by atoms with Crippen molar-refractivity contribution in [2.24, 2.45) is 0 Å². The lowest BCUT2D eigenvalue weighted by atomic mass is 10.2. The van der Waals surface area contributed by atoms with Gasteiger partial charge in [-0.05, 0) is 24.4 Å². The average molecular weight is 266 g/mol. The number of thiophene rings is 2. The van der Waals surface area contributed by atoms with Gasteiger partial charge in [-0.1, -0.05) is 0 Å². The maximum atomic E-state index is 12.4. The van der Waals surface area contributed by atoms with Crippen LogP contribution in [-0.2, 0) is 0 Å². The van der Waals surface area contributed by atoms with Crippen LogP contribution in [0.4, 0.5) is 0 Å². The van der Waals surface area contributed by atoms with Crippen LogP contribution in [0, 0.1) is 0 Å². The number of nitrogens with zero attached hydrogens (tertiary/aromatic N) is 1. The molecule has 3 rings (SSSR count). The highest BCUT2D eigenvalue weighted by Crippen LogP contribution is 2.31. The van der Waals surface area contributed by atoms with Crippen molar-refractivity contribution in [2.75, 3.05) is 19.6 Å². The van der Waals surface area contributed by atoms with E-state index in [2.05, 4.69) is 23.7 Å². The number of fused-ring (bicyclic) bond motifs is 1. The molecule has 0 saturated carbocycles. The van der Waals surface area contributed by atoms with Gasteiger partial charge in [-0.25, -0.2) is 0 Å². The summed E-state index contributed by atoms with van der Waals surface area (Å²) in [5, 5.41) is 5.38. The van der Waals surface area contributed by atoms with E-state index < -0.39 is 0 Å². The molecule has 1 atom stereocenters. The third-order valence-electron chi connectivity index (χ3n) is 3.11. The standard InChI is InChI=1S/C12H14N2OS2/c1-8-7-13-3-4-14(8)12(15)11-6-10-9(17-11)2-5-16-10/h2,5-6,8,13H,3-4,7H2,1H3/t8-/m0/s1. The van der Waals surface area contributed by atoms with Crippen molar-refractivity contribution in [3.63, 3.8) is 0 Å². The van der Waals surface area contributed by atoms with Gasteiger partial charge in [0, 0.05) is 35.1 Å². The fourth-order valence-electron chi connectivity index (χ4n) is 2.16. The minimum Gasteiger partial charge on any atom is -0.333 e. The Kier molecular flexibility index (Phi) is 2.90. The van der Waals surface area contributed by atoms with Crippen LogP contribution in [0.1, 0.15) is 16.6 Å². The number of amides is 1. The van der Waals surface area contributed by atoms with E-state index >= 15 is 0 Å². The molecular formula is C12H14N2OS2. The monoisotopic (exact) mass is 266 g/mol. The van der Waals surface area contributed by atoms with Crippen molar-refractivity contribution < 1.29 is 4.79 Å². The quantitative estimate of drug-likeness (QED) is 0.859. The predicted octanol–water partition coefficient (Wildman–Crippen LogP) is 2.40. The van der Waals surface area contributed by atoms with E-state index in [1.165, 1.54) is 9.40 Å². The molecule has 0 aromatic carbocycles. The number of hydrogen-bond donors (Lipinski definition) is 1. The Hall–Kier alpha value is -0.910. The molecule has 1 saturated heterocycles. The van der Waals surface area contributed by atoms with Crippen LogP contribution in [0.3, 0.4) is 0 Å². The number of hydrogen-bond acceptors (Lipinski definition) is 4. The minimum absolute atomic E-state index is 0.187. The molecular weight excluding hydrogens is 252 g/mol. The van der Waals surface area contributed by atoms with E-state index in [1.54, 1.807) is 22.7 Å². The summed E-state index contributed by atoms with van der Waals surface area (Å²) in [7, 11) is 0. The largest absolute Gasteiger partial charge is 0.333 e. The minimum atomic E-state index is 0.187. The summed E-state index contributed by atoms with van der Waals surface area (Å²) in [6.45, 7) is 4.70. The first-order valence-corrected chi connectivity index (χ1v) is 7.44. The molecule has 1 aliphatic heterocycles. The third-order valence-corrected chi connectivity index (χ3v) is 5.19. The van der Waals surface area contributed by atoms with Gasteiger partial charge in [0.1, 0.15) is 0 Å². The third kappa shape index (κ3) is 1.99. The zero-order chi connectivity index (χ0) is 11.8. The molecule has 1 fully saturated rings. The predicted molar refractivity (Wildman–Crippen MR) is 73.1 cm³/mol. The highest BCUT2D eigenvalue weighted by atomic mass is 32.1. The Morgan fingerprint density at radius 2 is 2.41 bits per heavy atom. The lowest BCUT2D eigenvalue weighted by Crippen LogP contribution is -2.52. The maximum absolute atomic E-state index is 12.4. The average Bonchev–Trinajstić information content (AvgIpc) is 2.88. The lowest BCUT2D eigenvalue weighted by molar-refractivity contribution is 0.0661. The van der Waals surface area contributed by atoms with Crippen LogP contribution in [-0.4, -0.2) is 36.5 Å². The number of rotatable bonds is 1. The number of carbonyl (C=O) groups is 1. The van der Waals surface area contributed by atoms with E-state index in [4.69, 9.17) is 0 Å². The summed E-state index contributed by atoms with van der Waals surface area (Å²) in [4.78, 5) is 15.2. The highest BCUT2D eigenvalue weighted by Gasteiger charge is 2.25. The molecule has 1 N–H and O–H groups in total. The first-order chi connectivity index (χ1) is 8.25. The number of nitrogens with one attached hydrogen (secondary N) is 1. The van der Waals surface area contributed by atoms with Gasteiger partial charge in [0.15, 0.2) is 0 Å². The Morgan fingerprint density at radius 3 is 3.18 bits per heavy atom. The van der Waals surface area contributed by atoms with Gasteiger partial charge in [-0.2, -0.15) is 0 Å². The molecule has 0 aliphatic carbocycles. The molecule has 2 aromatic rings. The van der Waals surface area contributed by atoms with E-state index in [0.29, 0.717) is 0 Å². The summed E-state index contributed by atoms with van der Waals surface area (Å²) in [5.41, 5.74) is 0. The van der Waals surface area contributed by atoms with Crippen molar-refractivity contribution in [3.05, 3.63) is 22.4 Å². The number of piperazine rings is 1. The smallest absolute Gasteiger partial charge is 0.264 e. The molecule has 0 radical (unpaired) electrons. The van der Waals surface area contributed by atoms with Crippen LogP contribution in [0.25, 0.3) is 9.40 Å². The normalized spacial score (nSPS) is 21.0. The van der Waals surface area contributed by atoms with Crippen LogP contribution in [0.15, 0.2) is 17.5 Å². The Morgan fingerprint density at radius 1 is 1.53 bits per heavy atom. The molecule has 1 amide bonds. The van der Waals surface area contributed by atoms with Gasteiger partial charge in [-0.15, -0.1) is 22.7 Å². The molecule has 1 aliphatic rings. The fourth-order valence-corrected chi connectivity index (χ4v) is 4.22. The number of carbonyl (C=O) groups excluding carboxylic acids is 1. The molecule has 0 bridgehead atoms. The second-order valence-electron chi connectivity index (χ2n) is 4.31. The van der Waals surface area contributed by atoms with Gasteiger partial charge < -0.3 is 10.2 Å². The van der Waals surface area contributed by atoms with E-state index in [0.717, 1.165) is 24.5 Å². The maximum Gasteiger partial charge on any atom is 0.264 e. The molecule has 0 unspecified atom stereocenters. The second kappa shape index (κ2) is 4.40. The van der Waals surface area contributed by atoms with E-state index in [-0.39, 0.29) is 11.9 Å². The van der Waals surface area contributed by atoms with Crippen LogP contribution < -0.4 is 5.32 Å². The van der Waals surface area contributed by atoms with E-state index in [9.17, 15) is 4.79 Å². The Balaban J connectivity index is 1.88. The highest BCUT2D eigenvalue weighted by molar-refractivity contribution is 7.27. The van der Waals surface area contributed by atoms with Crippen LogP contribution >= 0.6 is 22.7 Å². The van der Waals surface area contributed by atoms with Crippen molar-refractivity contribution in [1.82, 2.24) is 10.2 Å². The topological polar surface area (TPSA) is 32.3 Å². The van der Waals surface area contributed by atoms with Gasteiger partial charge in [0.2, 0.25) is 0 Å². The first kappa shape index (κ1) is 11.2. The first-order valence-electron chi connectivity index (χ1n) is 5.74. The van der Waals surface area contributed by atoms with Gasteiger partial charge in [0.05, 0.1) is 4.88 Å². The van der Waals surface area contributed by atoms with Crippen molar-refractivity contribution in [1.29, 1.82) is 0 Å². The SMILES string of the molecule is C[C@H]1CNCCN1C(=O)c1cc2sccc2s1. The molecule has 3 heterocycles. The second-order valence-corrected chi connectivity index (χ2v) is 6.34. The molecule has 0 spiro atoms. The summed E-state index contributed by atoms with van der Waals surface area (Å²) < 4.78 is 2.45. The van der Waals surface area contributed by atoms with Gasteiger partial charge in [-0.3, -0.25) is 4.79 Å². The zero-order valence-electron chi connectivity index (χ0n) is 9.60. The summed E-state index contributed by atoms with van der Waals surface area (Å²) >= 11 is 3.31. The van der Waals surface area contributed by atoms with Crippen LogP contribution in [0.2, 0.25) is 0 Å². The Bertz CT molecular complexity index is 517. The van der Waals surface area contributed by atoms with Crippen molar-refractivity contribution in [2.45, 2.75) is 13.0 Å². The molecule has 5 heteroatoms. The van der Waals surface area contributed by atoms with Gasteiger partial charge >= 0.3 is 0 Å². The summed E-state index contributed by atoms with van der Waals surface area (Å²) in [6.07, 6.45) is 0. The van der Waals surface area contributed by atoms with Crippen molar-refractivity contribution >= 4 is 38.0 Å².